The van der Waals surface area contributed by atoms with Crippen molar-refractivity contribution in [1.29, 1.82) is 0 Å². The summed E-state index contributed by atoms with van der Waals surface area (Å²) in [4.78, 5) is 94.3. The molecule has 266 valence electrons. The topological polar surface area (TPSA) is 123 Å². The first-order valence-electron chi connectivity index (χ1n) is 18.0. The molecule has 3 unspecified atom stereocenters. The molecule has 0 saturated carbocycles. The lowest BCUT2D eigenvalue weighted by Gasteiger charge is -2.35. The van der Waals surface area contributed by atoms with E-state index in [-0.39, 0.29) is 73.0 Å². The van der Waals surface area contributed by atoms with E-state index in [1.54, 1.807) is 18.7 Å². The Kier molecular flexibility index (Phi) is 16.2. The number of nitrogens with zero attached hydrogens (tertiary/aromatic N) is 1. The third kappa shape index (κ3) is 12.0. The lowest BCUT2D eigenvalue weighted by atomic mass is 9.76. The highest BCUT2D eigenvalue weighted by Gasteiger charge is 2.42. The summed E-state index contributed by atoms with van der Waals surface area (Å²) in [5.41, 5.74) is 0.269. The molecule has 0 bridgehead atoms. The van der Waals surface area contributed by atoms with Crippen LogP contribution in [0.3, 0.4) is 0 Å². The van der Waals surface area contributed by atoms with Gasteiger partial charge in [-0.1, -0.05) is 98.6 Å². The van der Waals surface area contributed by atoms with Gasteiger partial charge in [0.05, 0.1) is 6.04 Å². The molecule has 1 amide bonds. The summed E-state index contributed by atoms with van der Waals surface area (Å²) in [6.07, 6.45) is 2.89. The summed E-state index contributed by atoms with van der Waals surface area (Å²) in [6, 6.07) is 8.41. The van der Waals surface area contributed by atoms with Crippen LogP contribution in [0.1, 0.15) is 138 Å². The van der Waals surface area contributed by atoms with Crippen molar-refractivity contribution in [3.8, 4) is 0 Å². The van der Waals surface area contributed by atoms with Crippen LogP contribution in [0.2, 0.25) is 0 Å². The SMILES string of the molecule is CCCC(CC(=O)[C@@H]1CCCN1C(=O)[C@@H](CC(=O)CC(C)CC)C(C)(C)C)C(=O)C(=O)CCC(=O)CC(C(=O)C(C)C)c1ccccc1. The van der Waals surface area contributed by atoms with Gasteiger partial charge in [0.15, 0.2) is 11.6 Å². The normalized spacial score (nSPS) is 17.4. The van der Waals surface area contributed by atoms with E-state index in [2.05, 4.69) is 0 Å². The Balaban J connectivity index is 2.09. The second kappa shape index (κ2) is 19.0. The van der Waals surface area contributed by atoms with Crippen LogP contribution >= 0.6 is 0 Å². The molecule has 0 radical (unpaired) electrons. The fraction of sp³-hybridized carbons (Fsp3) is 0.675. The Labute approximate surface area is 288 Å². The highest BCUT2D eigenvalue weighted by atomic mass is 16.2. The van der Waals surface area contributed by atoms with E-state index in [4.69, 9.17) is 0 Å². The van der Waals surface area contributed by atoms with Crippen LogP contribution < -0.4 is 0 Å². The van der Waals surface area contributed by atoms with Gasteiger partial charge in [0.25, 0.3) is 0 Å². The van der Waals surface area contributed by atoms with Gasteiger partial charge in [-0.05, 0) is 36.2 Å². The van der Waals surface area contributed by atoms with Crippen LogP contribution in [0, 0.1) is 29.1 Å². The van der Waals surface area contributed by atoms with Crippen LogP contribution in [0.15, 0.2) is 30.3 Å². The third-order valence-corrected chi connectivity index (χ3v) is 9.86. The Morgan fingerprint density at radius 2 is 1.48 bits per heavy atom. The number of benzene rings is 1. The molecule has 1 fully saturated rings. The first-order valence-corrected chi connectivity index (χ1v) is 18.0. The van der Waals surface area contributed by atoms with Crippen LogP contribution in [0.25, 0.3) is 0 Å². The minimum absolute atomic E-state index is 0.0380. The van der Waals surface area contributed by atoms with E-state index >= 15 is 0 Å². The Morgan fingerprint density at radius 1 is 0.833 bits per heavy atom. The van der Waals surface area contributed by atoms with Crippen LogP contribution in [-0.2, 0) is 33.6 Å². The maximum absolute atomic E-state index is 13.9. The zero-order valence-corrected chi connectivity index (χ0v) is 30.6. The van der Waals surface area contributed by atoms with Gasteiger partial charge in [-0.2, -0.15) is 0 Å². The quantitative estimate of drug-likeness (QED) is 0.126. The Bertz CT molecular complexity index is 1290. The highest BCUT2D eigenvalue weighted by Crippen LogP contribution is 2.35. The predicted octanol–water partition coefficient (Wildman–Crippen LogP) is 7.30. The lowest BCUT2D eigenvalue weighted by molar-refractivity contribution is -0.146. The van der Waals surface area contributed by atoms with Crippen molar-refractivity contribution in [2.24, 2.45) is 29.1 Å². The summed E-state index contributed by atoms with van der Waals surface area (Å²) in [7, 11) is 0. The van der Waals surface area contributed by atoms with Gasteiger partial charge >= 0.3 is 0 Å². The number of amides is 1. The molecule has 8 heteroatoms. The number of hydrogen-bond acceptors (Lipinski definition) is 7. The molecule has 8 nitrogen and oxygen atoms in total. The highest BCUT2D eigenvalue weighted by molar-refractivity contribution is 6.38. The molecular weight excluding hydrogens is 606 g/mol. The number of likely N-dealkylation sites (tertiary alicyclic amines) is 1. The number of hydrogen-bond donors (Lipinski definition) is 0. The second-order valence-corrected chi connectivity index (χ2v) is 15.3. The summed E-state index contributed by atoms with van der Waals surface area (Å²) < 4.78 is 0. The average Bonchev–Trinajstić information content (AvgIpc) is 3.54. The first-order chi connectivity index (χ1) is 22.5. The van der Waals surface area contributed by atoms with Crippen molar-refractivity contribution in [2.75, 3.05) is 6.54 Å². The molecule has 1 aromatic carbocycles. The van der Waals surface area contributed by atoms with Crippen LogP contribution in [-0.4, -0.2) is 58.1 Å². The van der Waals surface area contributed by atoms with E-state index in [1.165, 1.54) is 0 Å². The number of rotatable bonds is 21. The number of Topliss-reactive ketones (excluding diaryl/α,β-unsaturated/α-hetero) is 6. The fourth-order valence-electron chi connectivity index (χ4n) is 6.63. The molecule has 5 atom stereocenters. The van der Waals surface area contributed by atoms with Gasteiger partial charge in [0, 0.05) is 68.7 Å². The van der Waals surface area contributed by atoms with Crippen molar-refractivity contribution < 1.29 is 33.6 Å². The van der Waals surface area contributed by atoms with E-state index in [9.17, 15) is 33.6 Å². The Hall–Kier alpha value is -3.29. The Morgan fingerprint density at radius 3 is 2.04 bits per heavy atom. The molecule has 0 spiro atoms. The fourth-order valence-corrected chi connectivity index (χ4v) is 6.63. The molecule has 1 heterocycles. The maximum atomic E-state index is 13.9. The van der Waals surface area contributed by atoms with E-state index in [0.29, 0.717) is 38.6 Å². The smallest absolute Gasteiger partial charge is 0.227 e. The summed E-state index contributed by atoms with van der Waals surface area (Å²) in [5, 5.41) is 0. The van der Waals surface area contributed by atoms with Crippen molar-refractivity contribution >= 4 is 40.6 Å². The minimum Gasteiger partial charge on any atom is -0.332 e. The molecule has 1 aliphatic heterocycles. The molecule has 1 aromatic rings. The number of carbonyl (C=O) groups excluding carboxylic acids is 7. The molecule has 0 aliphatic carbocycles. The van der Waals surface area contributed by atoms with Gasteiger partial charge in [-0.3, -0.25) is 33.6 Å². The largest absolute Gasteiger partial charge is 0.332 e. The van der Waals surface area contributed by atoms with E-state index in [0.717, 1.165) is 12.0 Å². The van der Waals surface area contributed by atoms with Crippen molar-refractivity contribution in [3.63, 3.8) is 0 Å². The zero-order valence-electron chi connectivity index (χ0n) is 30.6. The second-order valence-electron chi connectivity index (χ2n) is 15.3. The molecule has 1 aliphatic rings. The number of ketones is 6. The average molecular weight is 666 g/mol. The van der Waals surface area contributed by atoms with E-state index in [1.807, 2.05) is 71.9 Å². The minimum atomic E-state index is -0.822. The molecular formula is C40H59NO7. The third-order valence-electron chi connectivity index (χ3n) is 9.86. The molecule has 0 N–H and O–H groups in total. The van der Waals surface area contributed by atoms with Crippen molar-refractivity contribution in [2.45, 2.75) is 138 Å². The monoisotopic (exact) mass is 665 g/mol. The van der Waals surface area contributed by atoms with E-state index < -0.39 is 40.8 Å². The number of carbonyl (C=O) groups is 7. The van der Waals surface area contributed by atoms with Gasteiger partial charge < -0.3 is 4.90 Å². The van der Waals surface area contributed by atoms with Crippen molar-refractivity contribution in [1.82, 2.24) is 4.90 Å². The molecule has 0 aromatic heterocycles. The molecule has 1 saturated heterocycles. The summed E-state index contributed by atoms with van der Waals surface area (Å²) >= 11 is 0. The predicted molar refractivity (Wildman–Crippen MR) is 187 cm³/mol. The van der Waals surface area contributed by atoms with Gasteiger partial charge in [0.2, 0.25) is 11.7 Å². The molecule has 2 rings (SSSR count). The lowest BCUT2D eigenvalue weighted by Crippen LogP contribution is -2.47. The first kappa shape index (κ1) is 40.9. The maximum Gasteiger partial charge on any atom is 0.227 e. The standard InChI is InChI=1S/C40H59NO7/c1-9-15-29(38(47)35(44)20-19-30(42)24-32(37(46)26(3)4)28-16-12-11-13-17-28)23-36(45)34-18-14-21-41(34)39(48)33(40(6,7)8)25-31(43)22-27(5)10-2/h11-13,16-17,26-27,29,32-34H,9-10,14-15,18-25H2,1-8H3/t27?,29?,32?,33-,34+/m1/s1. The van der Waals surface area contributed by atoms with Crippen LogP contribution in [0.4, 0.5) is 0 Å². The molecule has 48 heavy (non-hydrogen) atoms. The van der Waals surface area contributed by atoms with Gasteiger partial charge in [0.1, 0.15) is 17.3 Å². The van der Waals surface area contributed by atoms with Crippen LogP contribution in [0.5, 0.6) is 0 Å². The van der Waals surface area contributed by atoms with Gasteiger partial charge in [-0.25, -0.2) is 0 Å². The summed E-state index contributed by atoms with van der Waals surface area (Å²) in [6.45, 7) is 15.8. The van der Waals surface area contributed by atoms with Gasteiger partial charge in [-0.15, -0.1) is 0 Å². The zero-order chi connectivity index (χ0) is 36.2. The summed E-state index contributed by atoms with van der Waals surface area (Å²) in [5.74, 6) is -4.07. The van der Waals surface area contributed by atoms with Crippen molar-refractivity contribution in [3.05, 3.63) is 35.9 Å².